The number of aryl methyl sites for hydroxylation is 1. The molecule has 0 radical (unpaired) electrons. The summed E-state index contributed by atoms with van der Waals surface area (Å²) < 4.78 is 69.2. The molecule has 1 saturated heterocycles. The van der Waals surface area contributed by atoms with E-state index in [1.165, 1.54) is 31.2 Å². The molecule has 7 nitrogen and oxygen atoms in total. The van der Waals surface area contributed by atoms with Crippen molar-refractivity contribution in [3.05, 3.63) is 58.7 Å². The predicted octanol–water partition coefficient (Wildman–Crippen LogP) is 3.48. The molecule has 4 rings (SSSR count). The van der Waals surface area contributed by atoms with Crippen LogP contribution in [0.25, 0.3) is 0 Å². The highest BCUT2D eigenvalue weighted by Crippen LogP contribution is 2.51. The van der Waals surface area contributed by atoms with Gasteiger partial charge in [0.1, 0.15) is 33.4 Å². The van der Waals surface area contributed by atoms with Crippen LogP contribution in [0.15, 0.2) is 35.5 Å². The number of pyridine rings is 1. The molecule has 2 bridgehead atoms. The number of ketones is 1. The maximum atomic E-state index is 15.0. The summed E-state index contributed by atoms with van der Waals surface area (Å²) in [5.74, 6) is -1.28. The Morgan fingerprint density at radius 3 is 2.65 bits per heavy atom. The van der Waals surface area contributed by atoms with Gasteiger partial charge in [-0.25, -0.2) is 17.8 Å². The third-order valence-corrected chi connectivity index (χ3v) is 10.0. The third kappa shape index (κ3) is 3.66. The van der Waals surface area contributed by atoms with Gasteiger partial charge in [-0.1, -0.05) is 6.07 Å². The summed E-state index contributed by atoms with van der Waals surface area (Å²) in [4.78, 5) is 21.3. The number of ether oxygens (including phenoxy) is 1. The molecule has 11 heteroatoms. The van der Waals surface area contributed by atoms with E-state index in [1.54, 1.807) is 13.8 Å². The number of aliphatic imine (C=N–C) groups is 1. The average molecular weight is 496 g/mol. The Balaban J connectivity index is 1.67. The quantitative estimate of drug-likeness (QED) is 0.614. The molecule has 1 aromatic carbocycles. The van der Waals surface area contributed by atoms with Crippen molar-refractivity contribution in [3.63, 3.8) is 0 Å². The molecule has 34 heavy (non-hydrogen) atoms. The molecule has 0 aliphatic carbocycles. The summed E-state index contributed by atoms with van der Waals surface area (Å²) in [6.45, 7) is 1.61. The first kappa shape index (κ1) is 24.2. The van der Waals surface area contributed by atoms with E-state index in [9.17, 15) is 26.4 Å². The Labute approximate surface area is 195 Å². The lowest BCUT2D eigenvalue weighted by Crippen LogP contribution is -2.55. The van der Waals surface area contributed by atoms with Crippen molar-refractivity contribution in [1.82, 2.24) is 4.98 Å². The zero-order chi connectivity index (χ0) is 25.1. The van der Waals surface area contributed by atoms with Crippen LogP contribution in [-0.4, -0.2) is 41.6 Å². The number of carbonyl (C=O) groups is 1. The van der Waals surface area contributed by atoms with Crippen molar-refractivity contribution in [2.45, 2.75) is 62.2 Å². The number of Topliss-reactive ketones (excluding diaryl/α,β-unsaturated/α-hetero) is 1. The van der Waals surface area contributed by atoms with Crippen LogP contribution in [0.4, 0.5) is 13.2 Å². The minimum absolute atomic E-state index is 0.0450. The zero-order valence-electron chi connectivity index (χ0n) is 18.8. The number of nitrogens with two attached hydrogens (primary N) is 1. The van der Waals surface area contributed by atoms with Gasteiger partial charge < -0.3 is 10.5 Å². The van der Waals surface area contributed by atoms with Crippen molar-refractivity contribution >= 4 is 21.5 Å². The highest BCUT2D eigenvalue weighted by molar-refractivity contribution is 7.94. The van der Waals surface area contributed by atoms with Gasteiger partial charge in [0.05, 0.1) is 11.4 Å². The van der Waals surface area contributed by atoms with Gasteiger partial charge in [-0.15, -0.1) is 0 Å². The zero-order valence-corrected chi connectivity index (χ0v) is 19.6. The Morgan fingerprint density at radius 2 is 2.00 bits per heavy atom. The number of sulfone groups is 1. The summed E-state index contributed by atoms with van der Waals surface area (Å²) in [7, 11) is -3.71. The van der Waals surface area contributed by atoms with Crippen LogP contribution in [0.5, 0.6) is 5.75 Å². The number of halogens is 3. The molecule has 1 fully saturated rings. The van der Waals surface area contributed by atoms with Crippen molar-refractivity contribution in [3.8, 4) is 5.75 Å². The smallest absolute Gasteiger partial charge is 0.387 e. The Kier molecular flexibility index (Phi) is 5.74. The lowest BCUT2D eigenvalue weighted by atomic mass is 9.85. The molecule has 3 heterocycles. The summed E-state index contributed by atoms with van der Waals surface area (Å²) in [6, 6.07) is 5.31. The summed E-state index contributed by atoms with van der Waals surface area (Å²) in [6.07, 6.45) is 1.46. The summed E-state index contributed by atoms with van der Waals surface area (Å²) >= 11 is 0. The second-order valence-corrected chi connectivity index (χ2v) is 11.6. The molecule has 2 aliphatic rings. The van der Waals surface area contributed by atoms with Gasteiger partial charge in [0, 0.05) is 12.0 Å². The monoisotopic (exact) mass is 495 g/mol. The average Bonchev–Trinajstić information content (AvgIpc) is 2.92. The molecular weight excluding hydrogens is 471 g/mol. The fourth-order valence-corrected chi connectivity index (χ4v) is 7.48. The molecular formula is C23H24F3N3O4S. The molecule has 0 unspecified atom stereocenters. The minimum atomic E-state index is -3.71. The van der Waals surface area contributed by atoms with Crippen LogP contribution in [0.1, 0.15) is 53.9 Å². The normalized spacial score (nSPS) is 27.5. The molecule has 182 valence electrons. The van der Waals surface area contributed by atoms with Gasteiger partial charge in [0.2, 0.25) is 0 Å². The van der Waals surface area contributed by atoms with E-state index in [1.807, 2.05) is 0 Å². The topological polar surface area (TPSA) is 112 Å². The lowest BCUT2D eigenvalue weighted by molar-refractivity contribution is -0.0501. The first-order valence-corrected chi connectivity index (χ1v) is 12.2. The summed E-state index contributed by atoms with van der Waals surface area (Å²) in [5.41, 5.74) is 5.51. The van der Waals surface area contributed by atoms with Gasteiger partial charge in [-0.3, -0.25) is 9.79 Å². The molecule has 2 aliphatic heterocycles. The van der Waals surface area contributed by atoms with Gasteiger partial charge in [-0.05, 0) is 62.9 Å². The lowest BCUT2D eigenvalue weighted by Gasteiger charge is -2.39. The van der Waals surface area contributed by atoms with E-state index in [0.29, 0.717) is 17.5 Å². The number of hydrogen-bond acceptors (Lipinski definition) is 7. The van der Waals surface area contributed by atoms with Crippen molar-refractivity contribution < 1.29 is 31.1 Å². The molecule has 2 aromatic rings. The SMILES string of the molecule is Cc1cc(OC(F)F)cnc1C(=O)Cc1ccc(F)c([C@@]2(C)N=C(N)[C@@]3(C)CC[C@@H]2S3(=O)=O)c1. The van der Waals surface area contributed by atoms with Crippen LogP contribution in [-0.2, 0) is 21.8 Å². The first-order chi connectivity index (χ1) is 15.8. The summed E-state index contributed by atoms with van der Waals surface area (Å²) in [5, 5.41) is -0.941. The number of amidine groups is 1. The van der Waals surface area contributed by atoms with E-state index < -0.39 is 43.6 Å². The number of carbonyl (C=O) groups excluding carboxylic acids is 1. The molecule has 3 atom stereocenters. The molecule has 2 N–H and O–H groups in total. The highest BCUT2D eigenvalue weighted by atomic mass is 32.2. The second kappa shape index (κ2) is 8.07. The van der Waals surface area contributed by atoms with E-state index in [4.69, 9.17) is 5.73 Å². The van der Waals surface area contributed by atoms with Crippen molar-refractivity contribution in [2.24, 2.45) is 10.7 Å². The fraction of sp³-hybridized carbons (Fsp3) is 0.435. The van der Waals surface area contributed by atoms with E-state index in [2.05, 4.69) is 14.7 Å². The standard InChI is InChI=1S/C23H24F3N3O4S/c1-12-8-14(33-21(25)26)11-28-19(12)17(30)10-13-4-5-16(24)15(9-13)23(3)18-6-7-22(2,20(27)29-23)34(18,31)32/h4-5,8-9,11,18,21H,6-7,10H2,1-3H3,(H2,27,29)/t18-,22+,23+/m0/s1. The first-order valence-electron chi connectivity index (χ1n) is 10.6. The van der Waals surface area contributed by atoms with Crippen LogP contribution in [0.2, 0.25) is 0 Å². The Hall–Kier alpha value is -2.95. The van der Waals surface area contributed by atoms with Gasteiger partial charge in [-0.2, -0.15) is 8.78 Å². The van der Waals surface area contributed by atoms with Crippen LogP contribution in [0, 0.1) is 12.7 Å². The number of benzene rings is 1. The molecule has 0 spiro atoms. The van der Waals surface area contributed by atoms with E-state index >= 15 is 0 Å². The van der Waals surface area contributed by atoms with Gasteiger partial charge in [0.15, 0.2) is 15.6 Å². The van der Waals surface area contributed by atoms with Crippen molar-refractivity contribution in [2.75, 3.05) is 0 Å². The van der Waals surface area contributed by atoms with Gasteiger partial charge >= 0.3 is 6.61 Å². The number of hydrogen-bond donors (Lipinski definition) is 1. The fourth-order valence-electron chi connectivity index (χ4n) is 4.90. The number of rotatable bonds is 6. The maximum Gasteiger partial charge on any atom is 0.387 e. The van der Waals surface area contributed by atoms with Crippen LogP contribution < -0.4 is 10.5 Å². The third-order valence-electron chi connectivity index (χ3n) is 6.89. The van der Waals surface area contributed by atoms with Crippen LogP contribution in [0.3, 0.4) is 0 Å². The number of aromatic nitrogens is 1. The molecule has 0 saturated carbocycles. The largest absolute Gasteiger partial charge is 0.433 e. The molecule has 0 amide bonds. The number of fused-ring (bicyclic) bond motifs is 2. The minimum Gasteiger partial charge on any atom is -0.433 e. The van der Waals surface area contributed by atoms with E-state index in [0.717, 1.165) is 6.20 Å². The van der Waals surface area contributed by atoms with Crippen LogP contribution >= 0.6 is 0 Å². The molecule has 1 aromatic heterocycles. The Bertz CT molecular complexity index is 1310. The maximum absolute atomic E-state index is 15.0. The number of alkyl halides is 2. The second-order valence-electron chi connectivity index (χ2n) is 9.08. The predicted molar refractivity (Wildman–Crippen MR) is 119 cm³/mol. The van der Waals surface area contributed by atoms with Crippen molar-refractivity contribution in [1.29, 1.82) is 0 Å². The van der Waals surface area contributed by atoms with Gasteiger partial charge in [0.25, 0.3) is 0 Å². The highest BCUT2D eigenvalue weighted by Gasteiger charge is 2.63. The van der Waals surface area contributed by atoms with E-state index in [-0.39, 0.29) is 35.7 Å². The number of nitrogens with zero attached hydrogens (tertiary/aromatic N) is 2. The Morgan fingerprint density at radius 1 is 1.29 bits per heavy atom.